The highest BCUT2D eigenvalue weighted by atomic mass is 15.1. The van der Waals surface area contributed by atoms with Gasteiger partial charge in [-0.05, 0) is 49.5 Å². The molecule has 19 heavy (non-hydrogen) atoms. The van der Waals surface area contributed by atoms with Crippen LogP contribution in [0.3, 0.4) is 0 Å². The van der Waals surface area contributed by atoms with Crippen molar-refractivity contribution in [1.29, 1.82) is 5.26 Å². The van der Waals surface area contributed by atoms with Gasteiger partial charge in [-0.15, -0.1) is 0 Å². The summed E-state index contributed by atoms with van der Waals surface area (Å²) >= 11 is 0. The van der Waals surface area contributed by atoms with Crippen LogP contribution in [0.25, 0.3) is 0 Å². The van der Waals surface area contributed by atoms with E-state index in [1.165, 1.54) is 12.1 Å². The molecule has 1 atom stereocenters. The fourth-order valence-corrected chi connectivity index (χ4v) is 3.02. The minimum atomic E-state index is 0.296. The Morgan fingerprint density at radius 1 is 1.47 bits per heavy atom. The van der Waals surface area contributed by atoms with Crippen LogP contribution >= 0.6 is 0 Å². The fourth-order valence-electron chi connectivity index (χ4n) is 3.02. The number of piperidine rings is 1. The van der Waals surface area contributed by atoms with Gasteiger partial charge in [0.2, 0.25) is 0 Å². The van der Waals surface area contributed by atoms with E-state index >= 15 is 0 Å². The third-order valence-electron chi connectivity index (χ3n) is 4.24. The zero-order valence-electron chi connectivity index (χ0n) is 12.1. The second-order valence-corrected chi connectivity index (χ2v) is 6.12. The van der Waals surface area contributed by atoms with Crippen molar-refractivity contribution in [2.75, 3.05) is 31.6 Å². The summed E-state index contributed by atoms with van der Waals surface area (Å²) in [7, 11) is 2.03. The lowest BCUT2D eigenvalue weighted by atomic mass is 9.73. The molecule has 1 aliphatic heterocycles. The number of hydrogen-bond acceptors (Lipinski definition) is 3. The first-order valence-electron chi connectivity index (χ1n) is 6.96. The first-order chi connectivity index (χ1) is 9.06. The van der Waals surface area contributed by atoms with Gasteiger partial charge >= 0.3 is 0 Å². The first-order valence-corrected chi connectivity index (χ1v) is 6.96. The van der Waals surface area contributed by atoms with Crippen molar-refractivity contribution in [2.45, 2.75) is 20.3 Å². The van der Waals surface area contributed by atoms with Gasteiger partial charge in [-0.25, -0.2) is 0 Å². The maximum atomic E-state index is 9.00. The zero-order valence-corrected chi connectivity index (χ0v) is 12.1. The molecular weight excluding hydrogens is 234 g/mol. The maximum absolute atomic E-state index is 9.00. The maximum Gasteiger partial charge on any atom is 0.0992 e. The van der Waals surface area contributed by atoms with E-state index in [1.54, 1.807) is 0 Å². The van der Waals surface area contributed by atoms with Crippen LogP contribution in [0.4, 0.5) is 5.69 Å². The van der Waals surface area contributed by atoms with Gasteiger partial charge in [0.05, 0.1) is 11.6 Å². The fraction of sp³-hybridized carbons (Fsp3) is 0.562. The molecule has 3 nitrogen and oxygen atoms in total. The number of benzene rings is 1. The van der Waals surface area contributed by atoms with E-state index in [1.807, 2.05) is 25.2 Å². The van der Waals surface area contributed by atoms with Crippen LogP contribution in [-0.2, 0) is 0 Å². The number of nitrogens with zero attached hydrogens (tertiary/aromatic N) is 2. The van der Waals surface area contributed by atoms with Gasteiger partial charge in [-0.2, -0.15) is 5.26 Å². The van der Waals surface area contributed by atoms with Crippen molar-refractivity contribution in [1.82, 2.24) is 5.32 Å². The molecule has 3 heteroatoms. The normalized spacial score (nSPS) is 22.0. The van der Waals surface area contributed by atoms with Crippen molar-refractivity contribution in [3.05, 3.63) is 29.8 Å². The minimum Gasteiger partial charge on any atom is -0.371 e. The molecule has 0 saturated carbocycles. The largest absolute Gasteiger partial charge is 0.371 e. The van der Waals surface area contributed by atoms with Gasteiger partial charge in [0.25, 0.3) is 0 Å². The highest BCUT2D eigenvalue weighted by Crippen LogP contribution is 2.36. The predicted molar refractivity (Wildman–Crippen MR) is 79.2 cm³/mol. The molecule has 1 aromatic carbocycles. The van der Waals surface area contributed by atoms with Crippen molar-refractivity contribution in [2.24, 2.45) is 11.3 Å². The molecule has 0 aromatic heterocycles. The van der Waals surface area contributed by atoms with Crippen LogP contribution in [0.1, 0.15) is 25.8 Å². The van der Waals surface area contributed by atoms with Gasteiger partial charge in [0.1, 0.15) is 0 Å². The minimum absolute atomic E-state index is 0.296. The summed E-state index contributed by atoms with van der Waals surface area (Å²) in [5.41, 5.74) is 2.21. The number of rotatable bonds is 3. The molecule has 1 aromatic rings. The second-order valence-electron chi connectivity index (χ2n) is 6.12. The molecule has 0 radical (unpaired) electrons. The average molecular weight is 257 g/mol. The monoisotopic (exact) mass is 257 g/mol. The standard InChI is InChI=1S/C16H23N3/c1-16(2)12-19(8-7-14(16)11-18-3)15-6-4-5-13(9-15)10-17/h4-6,9,14,18H,7-8,11-12H2,1-3H3. The topological polar surface area (TPSA) is 39.1 Å². The Morgan fingerprint density at radius 2 is 2.26 bits per heavy atom. The van der Waals surface area contributed by atoms with Crippen LogP contribution in [0, 0.1) is 22.7 Å². The lowest BCUT2D eigenvalue weighted by molar-refractivity contribution is 0.174. The zero-order chi connectivity index (χ0) is 13.9. The lowest BCUT2D eigenvalue weighted by Crippen LogP contribution is -2.48. The third kappa shape index (κ3) is 3.08. The SMILES string of the molecule is CNCC1CCN(c2cccc(C#N)c2)CC1(C)C. The van der Waals surface area contributed by atoms with E-state index in [-0.39, 0.29) is 0 Å². The van der Waals surface area contributed by atoms with Crippen molar-refractivity contribution >= 4 is 5.69 Å². The Bertz CT molecular complexity index is 473. The first kappa shape index (κ1) is 13.9. The summed E-state index contributed by atoms with van der Waals surface area (Å²) in [6.45, 7) is 7.89. The summed E-state index contributed by atoms with van der Waals surface area (Å²) < 4.78 is 0. The van der Waals surface area contributed by atoms with E-state index in [0.717, 1.165) is 25.2 Å². The van der Waals surface area contributed by atoms with Gasteiger partial charge < -0.3 is 10.2 Å². The van der Waals surface area contributed by atoms with Gasteiger partial charge in [-0.3, -0.25) is 0 Å². The van der Waals surface area contributed by atoms with Gasteiger partial charge in [0, 0.05) is 18.8 Å². The molecule has 1 unspecified atom stereocenters. The van der Waals surface area contributed by atoms with Crippen molar-refractivity contribution < 1.29 is 0 Å². The molecule has 0 bridgehead atoms. The highest BCUT2D eigenvalue weighted by molar-refractivity contribution is 5.52. The molecule has 102 valence electrons. The van der Waals surface area contributed by atoms with E-state index in [4.69, 9.17) is 5.26 Å². The van der Waals surface area contributed by atoms with Crippen LogP contribution in [0.15, 0.2) is 24.3 Å². The molecule has 2 rings (SSSR count). The molecule has 0 spiro atoms. The Labute approximate surface area is 116 Å². The van der Waals surface area contributed by atoms with E-state index in [0.29, 0.717) is 11.3 Å². The Morgan fingerprint density at radius 3 is 2.89 bits per heavy atom. The number of anilines is 1. The Kier molecular flexibility index (Phi) is 4.11. The summed E-state index contributed by atoms with van der Waals surface area (Å²) in [5.74, 6) is 0.716. The molecule has 1 fully saturated rings. The predicted octanol–water partition coefficient (Wildman–Crippen LogP) is 2.63. The Hall–Kier alpha value is -1.53. The van der Waals surface area contributed by atoms with Crippen LogP contribution in [-0.4, -0.2) is 26.7 Å². The number of nitrogens with one attached hydrogen (secondary N) is 1. The van der Waals surface area contributed by atoms with Crippen LogP contribution in [0.2, 0.25) is 0 Å². The number of nitriles is 1. The smallest absolute Gasteiger partial charge is 0.0992 e. The second kappa shape index (κ2) is 5.63. The van der Waals surface area contributed by atoms with Gasteiger partial charge in [0.15, 0.2) is 0 Å². The van der Waals surface area contributed by atoms with Crippen LogP contribution < -0.4 is 10.2 Å². The summed E-state index contributed by atoms with van der Waals surface area (Å²) in [5, 5.41) is 12.3. The highest BCUT2D eigenvalue weighted by Gasteiger charge is 2.35. The average Bonchev–Trinajstić information content (AvgIpc) is 2.41. The van der Waals surface area contributed by atoms with Crippen molar-refractivity contribution in [3.8, 4) is 6.07 Å². The van der Waals surface area contributed by atoms with E-state index in [9.17, 15) is 0 Å². The molecule has 1 saturated heterocycles. The molecule has 0 aliphatic carbocycles. The van der Waals surface area contributed by atoms with Crippen LogP contribution in [0.5, 0.6) is 0 Å². The van der Waals surface area contributed by atoms with E-state index < -0.39 is 0 Å². The summed E-state index contributed by atoms with van der Waals surface area (Å²) in [6.07, 6.45) is 1.20. The lowest BCUT2D eigenvalue weighted by Gasteiger charge is -2.45. The summed E-state index contributed by atoms with van der Waals surface area (Å²) in [4.78, 5) is 2.41. The number of hydrogen-bond donors (Lipinski definition) is 1. The summed E-state index contributed by atoms with van der Waals surface area (Å²) in [6, 6.07) is 10.2. The molecule has 0 amide bonds. The molecule has 1 aliphatic rings. The van der Waals surface area contributed by atoms with Crippen molar-refractivity contribution in [3.63, 3.8) is 0 Å². The third-order valence-corrected chi connectivity index (χ3v) is 4.24. The van der Waals surface area contributed by atoms with E-state index in [2.05, 4.69) is 36.2 Å². The quantitative estimate of drug-likeness (QED) is 0.904. The van der Waals surface area contributed by atoms with Gasteiger partial charge in [-0.1, -0.05) is 19.9 Å². The molecular formula is C16H23N3. The molecule has 1 heterocycles. The molecule has 1 N–H and O–H groups in total. The Balaban J connectivity index is 2.14.